The molecule has 2 saturated heterocycles. The minimum Gasteiger partial charge on any atom is -0.490 e. The van der Waals surface area contributed by atoms with E-state index in [0.717, 1.165) is 6.42 Å². The summed E-state index contributed by atoms with van der Waals surface area (Å²) in [5, 5.41) is 3.24. The first-order valence-corrected chi connectivity index (χ1v) is 24.1. The summed E-state index contributed by atoms with van der Waals surface area (Å²) in [7, 11) is -4.05. The quantitative estimate of drug-likeness (QED) is 0.187. The van der Waals surface area contributed by atoms with Crippen molar-refractivity contribution in [2.75, 3.05) is 25.5 Å². The highest BCUT2D eigenvalue weighted by Crippen LogP contribution is 2.50. The SMILES string of the molecule is CCCCS(=O)(=O)NC(=O)[C@@]12C[C@H]1/C=C\CCCCC[C@H](CC(=O)O[C@@H](C)CC)C(=O)N1C[C@@]3(CCc4c(c(C(F)(F)F)nc5ccc(OC6CCOCC6)cc45)O3)C[C@H]1C(=O)N2. The van der Waals surface area contributed by atoms with Gasteiger partial charge in [0.1, 0.15) is 29.0 Å². The molecule has 18 heteroatoms. The number of alkyl halides is 3. The van der Waals surface area contributed by atoms with E-state index < -0.39 is 86.5 Å². The number of pyridine rings is 1. The number of carbonyl (C=O) groups excluding carboxylic acids is 4. The first kappa shape index (κ1) is 46.5. The normalized spacial score (nSPS) is 28.0. The number of nitrogens with zero attached hydrogens (tertiary/aromatic N) is 2. The number of allylic oxidation sites excluding steroid dienone is 1. The lowest BCUT2D eigenvalue weighted by Crippen LogP contribution is -2.57. The third kappa shape index (κ3) is 10.6. The van der Waals surface area contributed by atoms with Crippen molar-refractivity contribution in [2.45, 2.75) is 153 Å². The fourth-order valence-corrected chi connectivity index (χ4v) is 10.5. The van der Waals surface area contributed by atoms with Gasteiger partial charge >= 0.3 is 12.1 Å². The Balaban J connectivity index is 1.25. The molecule has 7 rings (SSSR count). The van der Waals surface area contributed by atoms with Gasteiger partial charge < -0.3 is 29.2 Å². The number of amides is 3. The van der Waals surface area contributed by atoms with Crippen LogP contribution in [0.3, 0.4) is 0 Å². The van der Waals surface area contributed by atoms with Crippen molar-refractivity contribution >= 4 is 44.6 Å². The molecule has 6 atom stereocenters. The number of esters is 1. The van der Waals surface area contributed by atoms with Gasteiger partial charge in [0.05, 0.1) is 43.6 Å². The van der Waals surface area contributed by atoms with Crippen LogP contribution < -0.4 is 19.5 Å². The van der Waals surface area contributed by atoms with Gasteiger partial charge in [0.25, 0.3) is 5.91 Å². The molecule has 1 aromatic carbocycles. The number of benzene rings is 1. The Hall–Kier alpha value is -4.45. The maximum atomic E-state index is 15.0. The topological polar surface area (TPSA) is 180 Å². The Labute approximate surface area is 366 Å². The molecule has 3 amide bonds. The molecular weight excluding hydrogens is 846 g/mol. The third-order valence-corrected chi connectivity index (χ3v) is 14.5. The zero-order valence-corrected chi connectivity index (χ0v) is 37.0. The second kappa shape index (κ2) is 18.9. The number of rotatable bonds is 11. The van der Waals surface area contributed by atoms with E-state index in [4.69, 9.17) is 18.9 Å². The van der Waals surface area contributed by atoms with Crippen LogP contribution in [0.15, 0.2) is 30.4 Å². The van der Waals surface area contributed by atoms with Crippen molar-refractivity contribution in [3.8, 4) is 11.5 Å². The van der Waals surface area contributed by atoms with E-state index in [9.17, 15) is 40.8 Å². The number of halogens is 3. The lowest BCUT2D eigenvalue weighted by Gasteiger charge is -2.37. The van der Waals surface area contributed by atoms with E-state index in [-0.39, 0.29) is 68.0 Å². The Morgan fingerprint density at radius 3 is 2.60 bits per heavy atom. The van der Waals surface area contributed by atoms with Gasteiger partial charge in [-0.2, -0.15) is 13.2 Å². The van der Waals surface area contributed by atoms with E-state index in [1.807, 2.05) is 19.9 Å². The van der Waals surface area contributed by atoms with Crippen LogP contribution in [0.1, 0.15) is 122 Å². The number of fused-ring (bicyclic) bond motifs is 5. The van der Waals surface area contributed by atoms with Crippen molar-refractivity contribution in [1.82, 2.24) is 19.9 Å². The van der Waals surface area contributed by atoms with Crippen LogP contribution in [0, 0.1) is 11.8 Å². The van der Waals surface area contributed by atoms with Crippen LogP contribution in [0.5, 0.6) is 11.5 Å². The van der Waals surface area contributed by atoms with E-state index in [1.165, 1.54) is 11.0 Å². The highest BCUT2D eigenvalue weighted by atomic mass is 32.2. The third-order valence-electron chi connectivity index (χ3n) is 13.1. The number of hydrogen-bond acceptors (Lipinski definition) is 11. The summed E-state index contributed by atoms with van der Waals surface area (Å²) in [5.41, 5.74) is -4.03. The summed E-state index contributed by atoms with van der Waals surface area (Å²) >= 11 is 0. The maximum absolute atomic E-state index is 15.0. The van der Waals surface area contributed by atoms with Crippen molar-refractivity contribution in [1.29, 1.82) is 0 Å². The monoisotopic (exact) mass is 904 g/mol. The van der Waals surface area contributed by atoms with Gasteiger partial charge in [-0.3, -0.25) is 23.9 Å². The van der Waals surface area contributed by atoms with Crippen molar-refractivity contribution in [3.05, 3.63) is 41.6 Å². The number of aromatic nitrogens is 1. The predicted molar refractivity (Wildman–Crippen MR) is 225 cm³/mol. The number of unbranched alkanes of at least 4 members (excludes halogenated alkanes) is 1. The molecular formula is C45H59F3N4O10S. The predicted octanol–water partition coefficient (Wildman–Crippen LogP) is 6.47. The molecule has 1 saturated carbocycles. The van der Waals surface area contributed by atoms with Gasteiger partial charge in [-0.05, 0) is 76.5 Å². The molecule has 1 aliphatic carbocycles. The Morgan fingerprint density at radius 2 is 1.87 bits per heavy atom. The largest absolute Gasteiger partial charge is 0.490 e. The summed E-state index contributed by atoms with van der Waals surface area (Å²) < 4.78 is 96.6. The van der Waals surface area contributed by atoms with E-state index in [2.05, 4.69) is 15.0 Å². The highest BCUT2D eigenvalue weighted by Gasteiger charge is 2.63. The standard InChI is InChI=1S/C45H59F3N4O10S/c1-4-6-22-63(57,58)51-42(56)44-25-30(44)13-11-9-7-8-10-12-29(23-37(53)60-28(3)5-2)41(55)52-27-43(26-36(52)40(54)50-44)19-16-33-34-24-32(61-31-17-20-59-21-18-31)14-15-35(34)49-39(38(33)62-43)45(46,47)48/h11,13-15,24,28-31,36H,4-10,12,16-23,25-27H2,1-3H3,(H,50,54)(H,51,56)/b13-11-/t28-,29+,30+,36-,43+,44+/m0/s1. The fourth-order valence-electron chi connectivity index (χ4n) is 9.29. The van der Waals surface area contributed by atoms with Crippen LogP contribution in [-0.2, 0) is 51.3 Å². The van der Waals surface area contributed by atoms with Gasteiger partial charge in [-0.1, -0.05) is 45.3 Å². The first-order chi connectivity index (χ1) is 30.0. The zero-order chi connectivity index (χ0) is 45.2. The minimum absolute atomic E-state index is 0.0774. The van der Waals surface area contributed by atoms with Crippen LogP contribution >= 0.6 is 0 Å². The summed E-state index contributed by atoms with van der Waals surface area (Å²) in [4.78, 5) is 62.1. The van der Waals surface area contributed by atoms with Gasteiger partial charge in [0.15, 0.2) is 11.4 Å². The average Bonchev–Trinajstić information content (AvgIpc) is 3.82. The van der Waals surface area contributed by atoms with Gasteiger partial charge in [0, 0.05) is 42.0 Å². The number of carbonyl (C=O) groups is 4. The Bertz CT molecular complexity index is 2200. The molecule has 0 unspecified atom stereocenters. The van der Waals surface area contributed by atoms with Crippen LogP contribution in [-0.4, -0.2) is 96.9 Å². The summed E-state index contributed by atoms with van der Waals surface area (Å²) in [6.45, 7) is 6.19. The van der Waals surface area contributed by atoms with Gasteiger partial charge in [0.2, 0.25) is 21.8 Å². The number of ether oxygens (including phenoxy) is 4. The van der Waals surface area contributed by atoms with Crippen molar-refractivity contribution in [2.24, 2.45) is 11.8 Å². The zero-order valence-electron chi connectivity index (χ0n) is 36.2. The maximum Gasteiger partial charge on any atom is 0.437 e. The molecule has 4 aliphatic heterocycles. The molecule has 63 heavy (non-hydrogen) atoms. The Morgan fingerprint density at radius 1 is 1.10 bits per heavy atom. The fraction of sp³-hybridized carbons (Fsp3) is 0.667. The van der Waals surface area contributed by atoms with E-state index in [0.29, 0.717) is 75.7 Å². The lowest BCUT2D eigenvalue weighted by atomic mass is 9.87. The first-order valence-electron chi connectivity index (χ1n) is 22.5. The molecule has 5 aliphatic rings. The molecule has 346 valence electrons. The average molecular weight is 905 g/mol. The number of nitrogens with one attached hydrogen (secondary N) is 2. The molecule has 1 aromatic heterocycles. The molecule has 14 nitrogen and oxygen atoms in total. The number of aryl methyl sites for hydroxylation is 1. The van der Waals surface area contributed by atoms with Crippen LogP contribution in [0.4, 0.5) is 13.2 Å². The van der Waals surface area contributed by atoms with E-state index >= 15 is 0 Å². The second-order valence-electron chi connectivity index (χ2n) is 17.9. The summed E-state index contributed by atoms with van der Waals surface area (Å²) in [6, 6.07) is 3.40. The molecule has 0 bridgehead atoms. The molecule has 3 fully saturated rings. The molecule has 2 N–H and O–H groups in total. The van der Waals surface area contributed by atoms with Crippen LogP contribution in [0.2, 0.25) is 0 Å². The molecule has 0 radical (unpaired) electrons. The Kier molecular flexibility index (Phi) is 14.0. The van der Waals surface area contributed by atoms with Gasteiger partial charge in [-0.25, -0.2) is 13.4 Å². The number of hydrogen-bond donors (Lipinski definition) is 2. The van der Waals surface area contributed by atoms with Crippen molar-refractivity contribution in [3.63, 3.8) is 0 Å². The summed E-state index contributed by atoms with van der Waals surface area (Å²) in [5.74, 6) is -4.64. The summed E-state index contributed by atoms with van der Waals surface area (Å²) in [6.07, 6.45) is 3.68. The highest BCUT2D eigenvalue weighted by molar-refractivity contribution is 7.90. The second-order valence-corrected chi connectivity index (χ2v) is 19.7. The minimum atomic E-state index is -4.93. The number of sulfonamides is 1. The van der Waals surface area contributed by atoms with Crippen LogP contribution in [0.25, 0.3) is 10.9 Å². The molecule has 5 heterocycles. The van der Waals surface area contributed by atoms with E-state index in [1.54, 1.807) is 25.1 Å². The lowest BCUT2D eigenvalue weighted by molar-refractivity contribution is -0.153. The molecule has 1 spiro atoms. The molecule has 2 aromatic rings. The smallest absolute Gasteiger partial charge is 0.437 e. The van der Waals surface area contributed by atoms with Gasteiger partial charge in [-0.15, -0.1) is 0 Å². The van der Waals surface area contributed by atoms with Crippen molar-refractivity contribution < 1.29 is 59.7 Å².